The van der Waals surface area contributed by atoms with Crippen molar-refractivity contribution in [2.45, 2.75) is 25.2 Å². The summed E-state index contributed by atoms with van der Waals surface area (Å²) in [5.74, 6) is 0.225. The van der Waals surface area contributed by atoms with Crippen LogP contribution >= 0.6 is 0 Å². The standard InChI is InChI=1S/C13H13NO/c1-8-4-2-6-10-12-9(8)5-3-7-11(12)14-13(10)15/h3,5,7,10H,1-2,4,6H2,(H,14,15). The highest BCUT2D eigenvalue weighted by atomic mass is 16.2. The number of amides is 1. The summed E-state index contributed by atoms with van der Waals surface area (Å²) in [6.45, 7) is 4.10. The molecule has 15 heavy (non-hydrogen) atoms. The van der Waals surface area contributed by atoms with Crippen molar-refractivity contribution in [3.63, 3.8) is 0 Å². The molecule has 1 atom stereocenters. The summed E-state index contributed by atoms with van der Waals surface area (Å²) >= 11 is 0. The molecule has 0 spiro atoms. The number of anilines is 1. The molecule has 1 amide bonds. The second-order valence-electron chi connectivity index (χ2n) is 4.30. The summed E-state index contributed by atoms with van der Waals surface area (Å²) in [5.41, 5.74) is 4.54. The second-order valence-corrected chi connectivity index (χ2v) is 4.30. The van der Waals surface area contributed by atoms with Gasteiger partial charge in [-0.15, -0.1) is 0 Å². The average molecular weight is 199 g/mol. The van der Waals surface area contributed by atoms with Gasteiger partial charge in [-0.25, -0.2) is 0 Å². The van der Waals surface area contributed by atoms with E-state index < -0.39 is 0 Å². The smallest absolute Gasteiger partial charge is 0.232 e. The predicted molar refractivity (Wildman–Crippen MR) is 60.7 cm³/mol. The Kier molecular flexibility index (Phi) is 1.72. The molecule has 0 fully saturated rings. The first kappa shape index (κ1) is 8.72. The lowest BCUT2D eigenvalue weighted by molar-refractivity contribution is -0.117. The maximum absolute atomic E-state index is 11.8. The van der Waals surface area contributed by atoms with Crippen molar-refractivity contribution in [1.29, 1.82) is 0 Å². The van der Waals surface area contributed by atoms with Crippen molar-refractivity contribution < 1.29 is 4.79 Å². The number of hydrogen-bond donors (Lipinski definition) is 1. The van der Waals surface area contributed by atoms with Crippen LogP contribution in [-0.2, 0) is 4.79 Å². The van der Waals surface area contributed by atoms with E-state index >= 15 is 0 Å². The van der Waals surface area contributed by atoms with Crippen molar-refractivity contribution in [2.24, 2.45) is 0 Å². The molecule has 1 unspecified atom stereocenters. The van der Waals surface area contributed by atoms with Gasteiger partial charge in [-0.2, -0.15) is 0 Å². The van der Waals surface area contributed by atoms with Gasteiger partial charge in [0.1, 0.15) is 0 Å². The van der Waals surface area contributed by atoms with Gasteiger partial charge in [-0.1, -0.05) is 18.7 Å². The zero-order valence-electron chi connectivity index (χ0n) is 8.55. The predicted octanol–water partition coefficient (Wildman–Crippen LogP) is 2.92. The molecule has 1 aromatic rings. The minimum atomic E-state index is 0.0652. The maximum Gasteiger partial charge on any atom is 0.232 e. The highest BCUT2D eigenvalue weighted by Crippen LogP contribution is 2.43. The van der Waals surface area contributed by atoms with Gasteiger partial charge < -0.3 is 5.32 Å². The largest absolute Gasteiger partial charge is 0.325 e. The third-order valence-electron chi connectivity index (χ3n) is 3.38. The van der Waals surface area contributed by atoms with Crippen LogP contribution in [-0.4, -0.2) is 5.91 Å². The fourth-order valence-electron chi connectivity index (χ4n) is 2.64. The number of allylic oxidation sites excluding steroid dienone is 1. The van der Waals surface area contributed by atoms with Crippen molar-refractivity contribution >= 4 is 17.2 Å². The topological polar surface area (TPSA) is 29.1 Å². The van der Waals surface area contributed by atoms with E-state index in [0.29, 0.717) is 0 Å². The number of nitrogens with one attached hydrogen (secondary N) is 1. The van der Waals surface area contributed by atoms with E-state index in [2.05, 4.69) is 18.0 Å². The van der Waals surface area contributed by atoms with E-state index in [0.717, 1.165) is 24.9 Å². The van der Waals surface area contributed by atoms with Crippen LogP contribution in [0.5, 0.6) is 0 Å². The van der Waals surface area contributed by atoms with Gasteiger partial charge in [0.05, 0.1) is 5.92 Å². The van der Waals surface area contributed by atoms with Crippen LogP contribution in [0.15, 0.2) is 24.8 Å². The molecule has 3 rings (SSSR count). The molecule has 2 aliphatic rings. The van der Waals surface area contributed by atoms with E-state index in [1.165, 1.54) is 16.7 Å². The summed E-state index contributed by atoms with van der Waals surface area (Å²) < 4.78 is 0. The van der Waals surface area contributed by atoms with Crippen LogP contribution in [0, 0.1) is 0 Å². The number of carbonyl (C=O) groups is 1. The molecule has 1 aromatic carbocycles. The van der Waals surface area contributed by atoms with Crippen molar-refractivity contribution in [1.82, 2.24) is 0 Å². The highest BCUT2D eigenvalue weighted by Gasteiger charge is 2.34. The minimum absolute atomic E-state index is 0.0652. The Morgan fingerprint density at radius 3 is 3.13 bits per heavy atom. The fourth-order valence-corrected chi connectivity index (χ4v) is 2.64. The summed E-state index contributed by atoms with van der Waals surface area (Å²) in [5, 5.41) is 2.95. The summed E-state index contributed by atoms with van der Waals surface area (Å²) in [7, 11) is 0. The minimum Gasteiger partial charge on any atom is -0.325 e. The maximum atomic E-state index is 11.8. The molecule has 0 radical (unpaired) electrons. The molecule has 1 aliphatic heterocycles. The van der Waals surface area contributed by atoms with E-state index in [1.807, 2.05) is 12.1 Å². The van der Waals surface area contributed by atoms with Crippen LogP contribution in [0.1, 0.15) is 36.3 Å². The normalized spacial score (nSPS) is 23.3. The molecule has 76 valence electrons. The monoisotopic (exact) mass is 199 g/mol. The molecule has 2 nitrogen and oxygen atoms in total. The van der Waals surface area contributed by atoms with Crippen molar-refractivity contribution in [3.05, 3.63) is 35.9 Å². The first-order valence-electron chi connectivity index (χ1n) is 5.39. The average Bonchev–Trinajstić information content (AvgIpc) is 2.43. The molecular weight excluding hydrogens is 186 g/mol. The Balaban J connectivity index is 2.26. The van der Waals surface area contributed by atoms with Crippen molar-refractivity contribution in [3.8, 4) is 0 Å². The number of benzene rings is 1. The van der Waals surface area contributed by atoms with Crippen molar-refractivity contribution in [2.75, 3.05) is 5.32 Å². The van der Waals surface area contributed by atoms with Crippen LogP contribution in [0.3, 0.4) is 0 Å². The number of carbonyl (C=O) groups excluding carboxylic acids is 1. The van der Waals surface area contributed by atoms with Gasteiger partial charge in [-0.05, 0) is 42.0 Å². The summed E-state index contributed by atoms with van der Waals surface area (Å²) in [4.78, 5) is 11.8. The van der Waals surface area contributed by atoms with Crippen LogP contribution in [0.2, 0.25) is 0 Å². The zero-order chi connectivity index (χ0) is 10.4. The van der Waals surface area contributed by atoms with E-state index in [4.69, 9.17) is 0 Å². The third-order valence-corrected chi connectivity index (χ3v) is 3.38. The van der Waals surface area contributed by atoms with Crippen LogP contribution < -0.4 is 5.32 Å². The summed E-state index contributed by atoms with van der Waals surface area (Å²) in [6, 6.07) is 6.06. The molecule has 0 bridgehead atoms. The zero-order valence-corrected chi connectivity index (χ0v) is 8.55. The third kappa shape index (κ3) is 1.14. The lowest BCUT2D eigenvalue weighted by Gasteiger charge is -2.08. The van der Waals surface area contributed by atoms with Gasteiger partial charge in [0.15, 0.2) is 0 Å². The van der Waals surface area contributed by atoms with Gasteiger partial charge >= 0.3 is 0 Å². The molecule has 0 saturated heterocycles. The van der Waals surface area contributed by atoms with Gasteiger partial charge in [0.2, 0.25) is 5.91 Å². The first-order chi connectivity index (χ1) is 7.27. The van der Waals surface area contributed by atoms with E-state index in [9.17, 15) is 4.79 Å². The lowest BCUT2D eigenvalue weighted by atomic mass is 9.93. The number of rotatable bonds is 0. The van der Waals surface area contributed by atoms with Crippen LogP contribution in [0.4, 0.5) is 5.69 Å². The molecule has 1 aliphatic carbocycles. The summed E-state index contributed by atoms with van der Waals surface area (Å²) in [6.07, 6.45) is 3.03. The highest BCUT2D eigenvalue weighted by molar-refractivity contribution is 6.04. The first-order valence-corrected chi connectivity index (χ1v) is 5.39. The van der Waals surface area contributed by atoms with E-state index in [-0.39, 0.29) is 11.8 Å². The molecule has 0 saturated carbocycles. The van der Waals surface area contributed by atoms with Gasteiger partial charge in [0, 0.05) is 5.69 Å². The Morgan fingerprint density at radius 1 is 1.40 bits per heavy atom. The Hall–Kier alpha value is -1.57. The SMILES string of the molecule is C=C1CCCC2C(=O)Nc3cccc1c32. The van der Waals surface area contributed by atoms with E-state index in [1.54, 1.807) is 0 Å². The molecule has 1 heterocycles. The molecule has 2 heteroatoms. The van der Waals surface area contributed by atoms with Crippen LogP contribution in [0.25, 0.3) is 5.57 Å². The molecular formula is C13H13NO. The van der Waals surface area contributed by atoms with Gasteiger partial charge in [0.25, 0.3) is 0 Å². The molecule has 0 aromatic heterocycles. The number of hydrogen-bond acceptors (Lipinski definition) is 1. The fraction of sp³-hybridized carbons (Fsp3) is 0.308. The van der Waals surface area contributed by atoms with Gasteiger partial charge in [-0.3, -0.25) is 4.79 Å². The second kappa shape index (κ2) is 2.96. The Bertz CT molecular complexity index is 462. The Labute approximate surface area is 89.0 Å². The lowest BCUT2D eigenvalue weighted by Crippen LogP contribution is -2.11. The Morgan fingerprint density at radius 2 is 2.27 bits per heavy atom. The molecule has 1 N–H and O–H groups in total. The quantitative estimate of drug-likeness (QED) is 0.683.